The molecule has 0 aromatic carbocycles. The molecule has 0 spiro atoms. The zero-order valence-electron chi connectivity index (χ0n) is 10.5. The minimum atomic E-state index is -3.67. The highest BCUT2D eigenvalue weighted by atomic mass is 79.9. The molecular weight excluding hydrogens is 366 g/mol. The number of hydrogen-bond donors (Lipinski definition) is 2. The van der Waals surface area contributed by atoms with Crippen LogP contribution in [0.15, 0.2) is 33.1 Å². The second kappa shape index (κ2) is 5.68. The standard InChI is InChI=1S/C11H12BrN3O3S2/c1-15-5-9(3-10(15)11(13)16)20(17,18)14-4-8-2-7(12)6-19-8/h2-3,5-6,14H,4H2,1H3,(H2,13,16). The third-order valence-electron chi connectivity index (χ3n) is 2.60. The number of sulfonamides is 1. The Morgan fingerprint density at radius 3 is 2.70 bits per heavy atom. The number of aromatic nitrogens is 1. The summed E-state index contributed by atoms with van der Waals surface area (Å²) < 4.78 is 29.0. The Balaban J connectivity index is 2.18. The Hall–Kier alpha value is -1.16. The second-order valence-corrected chi connectivity index (χ2v) is 7.77. The van der Waals surface area contributed by atoms with E-state index in [9.17, 15) is 13.2 Å². The molecule has 0 radical (unpaired) electrons. The quantitative estimate of drug-likeness (QED) is 0.824. The van der Waals surface area contributed by atoms with Crippen molar-refractivity contribution in [1.29, 1.82) is 0 Å². The summed E-state index contributed by atoms with van der Waals surface area (Å²) in [7, 11) is -2.11. The van der Waals surface area contributed by atoms with Gasteiger partial charge in [0.2, 0.25) is 10.0 Å². The molecule has 108 valence electrons. The minimum absolute atomic E-state index is 0.0180. The van der Waals surface area contributed by atoms with E-state index in [0.717, 1.165) is 9.35 Å². The number of aryl methyl sites for hydroxylation is 1. The lowest BCUT2D eigenvalue weighted by molar-refractivity contribution is 0.0992. The van der Waals surface area contributed by atoms with Crippen LogP contribution in [0.5, 0.6) is 0 Å². The van der Waals surface area contributed by atoms with Gasteiger partial charge in [-0.05, 0) is 28.1 Å². The van der Waals surface area contributed by atoms with Gasteiger partial charge in [-0.25, -0.2) is 13.1 Å². The Labute approximate surface area is 128 Å². The number of primary amides is 1. The van der Waals surface area contributed by atoms with Crippen LogP contribution in [0.2, 0.25) is 0 Å². The van der Waals surface area contributed by atoms with Gasteiger partial charge in [0.15, 0.2) is 0 Å². The van der Waals surface area contributed by atoms with Crippen molar-refractivity contribution >= 4 is 43.2 Å². The number of thiophene rings is 1. The van der Waals surface area contributed by atoms with Crippen LogP contribution in [-0.4, -0.2) is 18.9 Å². The average molecular weight is 378 g/mol. The smallest absolute Gasteiger partial charge is 0.265 e. The van der Waals surface area contributed by atoms with Crippen molar-refractivity contribution in [2.75, 3.05) is 0 Å². The van der Waals surface area contributed by atoms with Crippen molar-refractivity contribution in [3.05, 3.63) is 38.8 Å². The molecule has 6 nitrogen and oxygen atoms in total. The van der Waals surface area contributed by atoms with Gasteiger partial charge < -0.3 is 10.3 Å². The average Bonchev–Trinajstić information content (AvgIpc) is 2.93. The van der Waals surface area contributed by atoms with Gasteiger partial charge in [0, 0.05) is 34.5 Å². The van der Waals surface area contributed by atoms with Crippen molar-refractivity contribution in [3.8, 4) is 0 Å². The van der Waals surface area contributed by atoms with Crippen LogP contribution in [0.1, 0.15) is 15.4 Å². The van der Waals surface area contributed by atoms with Gasteiger partial charge in [-0.3, -0.25) is 4.79 Å². The van der Waals surface area contributed by atoms with Crippen LogP contribution in [0.25, 0.3) is 0 Å². The highest BCUT2D eigenvalue weighted by molar-refractivity contribution is 9.10. The first-order chi connectivity index (χ1) is 9.29. The summed E-state index contributed by atoms with van der Waals surface area (Å²) in [6, 6.07) is 3.10. The van der Waals surface area contributed by atoms with E-state index < -0.39 is 15.9 Å². The number of rotatable bonds is 5. The SMILES string of the molecule is Cn1cc(S(=O)(=O)NCc2cc(Br)cs2)cc1C(N)=O. The summed E-state index contributed by atoms with van der Waals surface area (Å²) in [5.41, 5.74) is 5.30. The van der Waals surface area contributed by atoms with E-state index in [1.54, 1.807) is 7.05 Å². The number of carbonyl (C=O) groups is 1. The molecule has 0 aliphatic carbocycles. The first-order valence-electron chi connectivity index (χ1n) is 5.48. The van der Waals surface area contributed by atoms with Gasteiger partial charge in [-0.2, -0.15) is 0 Å². The fourth-order valence-electron chi connectivity index (χ4n) is 1.62. The third-order valence-corrected chi connectivity index (χ3v) is 5.67. The lowest BCUT2D eigenvalue weighted by Crippen LogP contribution is -2.22. The maximum Gasteiger partial charge on any atom is 0.265 e. The third kappa shape index (κ3) is 3.29. The van der Waals surface area contributed by atoms with Crippen molar-refractivity contribution in [1.82, 2.24) is 9.29 Å². The van der Waals surface area contributed by atoms with Crippen LogP contribution in [-0.2, 0) is 23.6 Å². The molecule has 2 rings (SSSR count). The topological polar surface area (TPSA) is 94.2 Å². The molecule has 3 N–H and O–H groups in total. The lowest BCUT2D eigenvalue weighted by atomic mass is 10.4. The molecule has 2 aromatic rings. The predicted octanol–water partition coefficient (Wildman–Crippen LogP) is 1.43. The maximum absolute atomic E-state index is 12.1. The predicted molar refractivity (Wildman–Crippen MR) is 80.0 cm³/mol. The molecule has 0 aliphatic rings. The van der Waals surface area contributed by atoms with Crippen molar-refractivity contribution in [2.24, 2.45) is 12.8 Å². The molecule has 0 unspecified atom stereocenters. The van der Waals surface area contributed by atoms with E-state index in [-0.39, 0.29) is 17.1 Å². The summed E-state index contributed by atoms with van der Waals surface area (Å²) in [6.07, 6.45) is 1.35. The highest BCUT2D eigenvalue weighted by Gasteiger charge is 2.19. The van der Waals surface area contributed by atoms with Gasteiger partial charge in [0.1, 0.15) is 10.6 Å². The maximum atomic E-state index is 12.1. The van der Waals surface area contributed by atoms with Crippen LogP contribution in [0.4, 0.5) is 0 Å². The molecule has 0 saturated heterocycles. The highest BCUT2D eigenvalue weighted by Crippen LogP contribution is 2.20. The van der Waals surface area contributed by atoms with E-state index in [1.165, 1.54) is 28.2 Å². The molecule has 0 bridgehead atoms. The number of carbonyl (C=O) groups excluding carboxylic acids is 1. The fraction of sp³-hybridized carbons (Fsp3) is 0.182. The molecule has 0 aliphatic heterocycles. The van der Waals surface area contributed by atoms with Crippen LogP contribution >= 0.6 is 27.3 Å². The first kappa shape index (κ1) is 15.2. The molecule has 2 heterocycles. The Bertz CT molecular complexity index is 749. The normalized spacial score (nSPS) is 11.7. The number of hydrogen-bond acceptors (Lipinski definition) is 4. The number of nitrogens with zero attached hydrogens (tertiary/aromatic N) is 1. The largest absolute Gasteiger partial charge is 0.364 e. The van der Waals surface area contributed by atoms with E-state index in [0.29, 0.717) is 0 Å². The molecule has 0 saturated carbocycles. The molecular formula is C11H12BrN3O3S2. The van der Waals surface area contributed by atoms with Gasteiger partial charge in [0.05, 0.1) is 0 Å². The number of amides is 1. The summed E-state index contributed by atoms with van der Waals surface area (Å²) in [5, 5.41) is 1.87. The minimum Gasteiger partial charge on any atom is -0.364 e. The Morgan fingerprint density at radius 1 is 1.50 bits per heavy atom. The summed E-state index contributed by atoms with van der Waals surface area (Å²) >= 11 is 4.75. The zero-order valence-corrected chi connectivity index (χ0v) is 13.7. The molecule has 1 amide bonds. The molecule has 20 heavy (non-hydrogen) atoms. The molecule has 0 fully saturated rings. The van der Waals surface area contributed by atoms with Gasteiger partial charge >= 0.3 is 0 Å². The van der Waals surface area contributed by atoms with Gasteiger partial charge in [0.25, 0.3) is 5.91 Å². The van der Waals surface area contributed by atoms with Crippen molar-refractivity contribution < 1.29 is 13.2 Å². The lowest BCUT2D eigenvalue weighted by Gasteiger charge is -2.02. The van der Waals surface area contributed by atoms with Crippen LogP contribution in [0.3, 0.4) is 0 Å². The summed E-state index contributed by atoms with van der Waals surface area (Å²) in [4.78, 5) is 12.0. The monoisotopic (exact) mass is 377 g/mol. The van der Waals surface area contributed by atoms with E-state index in [4.69, 9.17) is 5.73 Å². The zero-order chi connectivity index (χ0) is 14.9. The number of nitrogens with one attached hydrogen (secondary N) is 1. The van der Waals surface area contributed by atoms with Crippen LogP contribution < -0.4 is 10.5 Å². The fourth-order valence-corrected chi connectivity index (χ4v) is 4.18. The summed E-state index contributed by atoms with van der Waals surface area (Å²) in [5.74, 6) is -0.670. The Morgan fingerprint density at radius 2 is 2.20 bits per heavy atom. The number of nitrogens with two attached hydrogens (primary N) is 1. The Kier molecular flexibility index (Phi) is 4.33. The van der Waals surface area contributed by atoms with Gasteiger partial charge in [-0.1, -0.05) is 0 Å². The number of halogens is 1. The molecule has 9 heteroatoms. The van der Waals surface area contributed by atoms with Crippen LogP contribution in [0, 0.1) is 0 Å². The molecule has 0 atom stereocenters. The van der Waals surface area contributed by atoms with Crippen molar-refractivity contribution in [2.45, 2.75) is 11.4 Å². The molecule has 2 aromatic heterocycles. The van der Waals surface area contributed by atoms with Crippen molar-refractivity contribution in [3.63, 3.8) is 0 Å². The van der Waals surface area contributed by atoms with Gasteiger partial charge in [-0.15, -0.1) is 11.3 Å². The second-order valence-electron chi connectivity index (χ2n) is 4.09. The van der Waals surface area contributed by atoms with E-state index in [2.05, 4.69) is 20.7 Å². The van der Waals surface area contributed by atoms with E-state index in [1.807, 2.05) is 11.4 Å². The summed E-state index contributed by atoms with van der Waals surface area (Å²) in [6.45, 7) is 0.194. The van der Waals surface area contributed by atoms with E-state index >= 15 is 0 Å². The first-order valence-corrected chi connectivity index (χ1v) is 8.64.